The summed E-state index contributed by atoms with van der Waals surface area (Å²) in [6.07, 6.45) is 0. The third-order valence-corrected chi connectivity index (χ3v) is 3.34. The Morgan fingerprint density at radius 3 is 1.96 bits per heavy atom. The van der Waals surface area contributed by atoms with Crippen LogP contribution in [0.25, 0.3) is 0 Å². The predicted molar refractivity (Wildman–Crippen MR) is 83.8 cm³/mol. The molecule has 0 fully saturated rings. The molecule has 0 bridgehead atoms. The lowest BCUT2D eigenvalue weighted by Crippen LogP contribution is -2.41. The largest absolute Gasteiger partial charge is 0.325 e. The smallest absolute Gasteiger partial charge is 0.239 e. The maximum atomic E-state index is 13.2. The van der Waals surface area contributed by atoms with Gasteiger partial charge >= 0.3 is 0 Å². The molecule has 0 saturated carbocycles. The number of hydrogen-bond acceptors (Lipinski definition) is 2. The van der Waals surface area contributed by atoms with Crippen LogP contribution in [0, 0.1) is 17.0 Å². The first-order chi connectivity index (χ1) is 10.8. The summed E-state index contributed by atoms with van der Waals surface area (Å²) in [4.78, 5) is 24.6. The first kappa shape index (κ1) is 16.6. The van der Waals surface area contributed by atoms with E-state index in [1.54, 1.807) is 30.3 Å². The number of para-hydroxylation sites is 1. The van der Waals surface area contributed by atoms with E-state index in [0.29, 0.717) is 5.69 Å². The average molecular weight is 318 g/mol. The molecule has 2 amide bonds. The third-order valence-electron chi connectivity index (χ3n) is 3.34. The van der Waals surface area contributed by atoms with Crippen LogP contribution >= 0.6 is 0 Å². The minimum Gasteiger partial charge on any atom is -0.325 e. The Balaban J connectivity index is 2.09. The molecule has 0 saturated heterocycles. The summed E-state index contributed by atoms with van der Waals surface area (Å²) in [6.45, 7) is 2.89. The first-order valence-electron chi connectivity index (χ1n) is 6.93. The Morgan fingerprint density at radius 2 is 1.39 bits per heavy atom. The Kier molecular flexibility index (Phi) is 4.74. The number of carbonyl (C=O) groups excluding carboxylic acids is 2. The topological polar surface area (TPSA) is 58.2 Å². The molecule has 2 rings (SSSR count). The fourth-order valence-electron chi connectivity index (χ4n) is 1.77. The molecule has 0 radical (unpaired) electrons. The summed E-state index contributed by atoms with van der Waals surface area (Å²) >= 11 is 0. The summed E-state index contributed by atoms with van der Waals surface area (Å²) in [5.41, 5.74) is -0.763. The third kappa shape index (κ3) is 3.91. The Bertz CT molecular complexity index is 731. The molecule has 23 heavy (non-hydrogen) atoms. The van der Waals surface area contributed by atoms with Crippen molar-refractivity contribution in [2.75, 3.05) is 10.6 Å². The predicted octanol–water partition coefficient (Wildman–Crippen LogP) is 3.57. The number of amides is 2. The average Bonchev–Trinajstić information content (AvgIpc) is 2.51. The standard InChI is InChI=1S/C17H16F2N2O2/c1-17(2,15(22)20-11-6-4-3-5-7-11)16(23)21-12-8-9-13(18)14(19)10-12/h3-10H,1-2H3,(H,20,22)(H,21,23). The highest BCUT2D eigenvalue weighted by molar-refractivity contribution is 6.13. The van der Waals surface area contributed by atoms with E-state index in [2.05, 4.69) is 10.6 Å². The number of carbonyl (C=O) groups is 2. The number of nitrogens with one attached hydrogen (secondary N) is 2. The highest BCUT2D eigenvalue weighted by Gasteiger charge is 2.36. The normalized spacial score (nSPS) is 11.0. The second-order valence-corrected chi connectivity index (χ2v) is 5.53. The van der Waals surface area contributed by atoms with Gasteiger partial charge in [0.1, 0.15) is 5.41 Å². The zero-order valence-corrected chi connectivity index (χ0v) is 12.7. The van der Waals surface area contributed by atoms with Crippen LogP contribution in [-0.2, 0) is 9.59 Å². The van der Waals surface area contributed by atoms with Gasteiger partial charge in [-0.15, -0.1) is 0 Å². The second-order valence-electron chi connectivity index (χ2n) is 5.53. The highest BCUT2D eigenvalue weighted by Crippen LogP contribution is 2.22. The zero-order chi connectivity index (χ0) is 17.0. The fourth-order valence-corrected chi connectivity index (χ4v) is 1.77. The molecule has 2 N–H and O–H groups in total. The molecular weight excluding hydrogens is 302 g/mol. The van der Waals surface area contributed by atoms with Gasteiger partial charge in [0.05, 0.1) is 0 Å². The van der Waals surface area contributed by atoms with E-state index < -0.39 is 28.9 Å². The molecule has 120 valence electrons. The van der Waals surface area contributed by atoms with Gasteiger partial charge in [-0.2, -0.15) is 0 Å². The number of rotatable bonds is 4. The molecule has 0 aliphatic carbocycles. The highest BCUT2D eigenvalue weighted by atomic mass is 19.2. The second kappa shape index (κ2) is 6.56. The molecule has 2 aromatic rings. The van der Waals surface area contributed by atoms with Crippen LogP contribution in [0.3, 0.4) is 0 Å². The van der Waals surface area contributed by atoms with Gasteiger partial charge in [-0.3, -0.25) is 9.59 Å². The van der Waals surface area contributed by atoms with Crippen molar-refractivity contribution < 1.29 is 18.4 Å². The quantitative estimate of drug-likeness (QED) is 0.847. The van der Waals surface area contributed by atoms with Crippen LogP contribution in [0.1, 0.15) is 13.8 Å². The zero-order valence-electron chi connectivity index (χ0n) is 12.7. The van der Waals surface area contributed by atoms with Gasteiger partial charge in [0.25, 0.3) is 0 Å². The van der Waals surface area contributed by atoms with Gasteiger partial charge in [0.15, 0.2) is 11.6 Å². The van der Waals surface area contributed by atoms with Gasteiger partial charge in [-0.05, 0) is 38.1 Å². The van der Waals surface area contributed by atoms with Crippen LogP contribution in [0.2, 0.25) is 0 Å². The monoisotopic (exact) mass is 318 g/mol. The number of anilines is 2. The van der Waals surface area contributed by atoms with E-state index in [4.69, 9.17) is 0 Å². The summed E-state index contributed by atoms with van der Waals surface area (Å²) < 4.78 is 26.1. The summed E-state index contributed by atoms with van der Waals surface area (Å²) in [5, 5.41) is 5.05. The number of hydrogen-bond donors (Lipinski definition) is 2. The van der Waals surface area contributed by atoms with Crippen molar-refractivity contribution in [3.8, 4) is 0 Å². The van der Waals surface area contributed by atoms with Gasteiger partial charge in [0, 0.05) is 17.4 Å². The molecule has 0 spiro atoms. The van der Waals surface area contributed by atoms with E-state index in [1.165, 1.54) is 19.9 Å². The molecule has 0 heterocycles. The minimum atomic E-state index is -1.40. The summed E-state index contributed by atoms with van der Waals surface area (Å²) in [7, 11) is 0. The maximum Gasteiger partial charge on any atom is 0.239 e. The SMILES string of the molecule is CC(C)(C(=O)Nc1ccccc1)C(=O)Nc1ccc(F)c(F)c1. The van der Waals surface area contributed by atoms with Crippen molar-refractivity contribution in [1.29, 1.82) is 0 Å². The lowest BCUT2D eigenvalue weighted by molar-refractivity contribution is -0.135. The molecule has 4 nitrogen and oxygen atoms in total. The molecule has 0 aliphatic rings. The van der Waals surface area contributed by atoms with Crippen molar-refractivity contribution in [1.82, 2.24) is 0 Å². The molecule has 2 aromatic carbocycles. The molecule has 0 aromatic heterocycles. The van der Waals surface area contributed by atoms with Gasteiger partial charge < -0.3 is 10.6 Å². The lowest BCUT2D eigenvalue weighted by Gasteiger charge is -2.22. The molecule has 0 unspecified atom stereocenters. The fraction of sp³-hybridized carbons (Fsp3) is 0.176. The maximum absolute atomic E-state index is 13.2. The van der Waals surface area contributed by atoms with Gasteiger partial charge in [0.2, 0.25) is 11.8 Å². The van der Waals surface area contributed by atoms with Crippen molar-refractivity contribution in [2.24, 2.45) is 5.41 Å². The minimum absolute atomic E-state index is 0.0782. The van der Waals surface area contributed by atoms with Crippen molar-refractivity contribution in [3.63, 3.8) is 0 Å². The molecule has 0 atom stereocenters. The van der Waals surface area contributed by atoms with Crippen molar-refractivity contribution >= 4 is 23.2 Å². The van der Waals surface area contributed by atoms with Crippen LogP contribution in [0.4, 0.5) is 20.2 Å². The number of benzene rings is 2. The summed E-state index contributed by atoms with van der Waals surface area (Å²) in [5.74, 6) is -3.22. The molecular formula is C17H16F2N2O2. The van der Waals surface area contributed by atoms with Crippen LogP contribution in [-0.4, -0.2) is 11.8 Å². The molecule has 0 aliphatic heterocycles. The van der Waals surface area contributed by atoms with Crippen LogP contribution in [0.15, 0.2) is 48.5 Å². The Hall–Kier alpha value is -2.76. The van der Waals surface area contributed by atoms with Crippen LogP contribution < -0.4 is 10.6 Å². The van der Waals surface area contributed by atoms with E-state index in [0.717, 1.165) is 12.1 Å². The first-order valence-corrected chi connectivity index (χ1v) is 6.93. The van der Waals surface area contributed by atoms with E-state index in [9.17, 15) is 18.4 Å². The van der Waals surface area contributed by atoms with Crippen LogP contribution in [0.5, 0.6) is 0 Å². The Labute approximate surface area is 132 Å². The number of halogens is 2. The summed E-state index contributed by atoms with van der Waals surface area (Å²) in [6, 6.07) is 11.7. The lowest BCUT2D eigenvalue weighted by atomic mass is 9.90. The van der Waals surface area contributed by atoms with E-state index in [-0.39, 0.29) is 5.69 Å². The van der Waals surface area contributed by atoms with Crippen molar-refractivity contribution in [2.45, 2.75) is 13.8 Å². The van der Waals surface area contributed by atoms with Crippen molar-refractivity contribution in [3.05, 3.63) is 60.2 Å². The van der Waals surface area contributed by atoms with Gasteiger partial charge in [-0.1, -0.05) is 18.2 Å². The molecule has 6 heteroatoms. The Morgan fingerprint density at radius 1 is 0.826 bits per heavy atom. The van der Waals surface area contributed by atoms with Gasteiger partial charge in [-0.25, -0.2) is 8.78 Å². The van der Waals surface area contributed by atoms with E-state index in [1.807, 2.05) is 0 Å². The van der Waals surface area contributed by atoms with E-state index >= 15 is 0 Å².